The molecule has 0 spiro atoms. The lowest BCUT2D eigenvalue weighted by molar-refractivity contribution is -0.135. The molecule has 0 aliphatic carbocycles. The summed E-state index contributed by atoms with van der Waals surface area (Å²) in [4.78, 5) is 19.1. The molecular weight excluding hydrogens is 278 g/mol. The zero-order valence-corrected chi connectivity index (χ0v) is 14.0. The van der Waals surface area contributed by atoms with Crippen molar-refractivity contribution in [2.45, 2.75) is 52.5 Å². The second-order valence-corrected chi connectivity index (χ2v) is 6.44. The summed E-state index contributed by atoms with van der Waals surface area (Å²) in [7, 11) is 0. The van der Waals surface area contributed by atoms with E-state index < -0.39 is 0 Å². The van der Waals surface area contributed by atoms with Gasteiger partial charge in [0.2, 0.25) is 5.91 Å². The Morgan fingerprint density at radius 3 is 2.59 bits per heavy atom. The van der Waals surface area contributed by atoms with Gasteiger partial charge in [-0.05, 0) is 31.9 Å². The average Bonchev–Trinajstić information content (AvgIpc) is 2.45. The van der Waals surface area contributed by atoms with Gasteiger partial charge in [0.15, 0.2) is 0 Å². The Balaban J connectivity index is 1.99. The highest BCUT2D eigenvalue weighted by Gasteiger charge is 2.33. The number of nitrogens with zero attached hydrogens (tertiary/aromatic N) is 2. The van der Waals surface area contributed by atoms with Crippen LogP contribution in [0, 0.1) is 5.92 Å². The lowest BCUT2D eigenvalue weighted by Gasteiger charge is -2.41. The summed E-state index contributed by atoms with van der Waals surface area (Å²) < 4.78 is 5.77. The molecule has 0 aromatic carbocycles. The van der Waals surface area contributed by atoms with Gasteiger partial charge in [-0.15, -0.1) is 0 Å². The Bertz CT molecular complexity index is 468. The second-order valence-electron chi connectivity index (χ2n) is 6.44. The maximum atomic E-state index is 12.6. The molecule has 5 heteroatoms. The van der Waals surface area contributed by atoms with Crippen molar-refractivity contribution in [2.75, 3.05) is 13.1 Å². The first-order valence-corrected chi connectivity index (χ1v) is 8.04. The first-order valence-electron chi connectivity index (χ1n) is 8.04. The summed E-state index contributed by atoms with van der Waals surface area (Å²) in [5.41, 5.74) is 0.877. The Hall–Kier alpha value is -1.46. The predicted octanol–water partition coefficient (Wildman–Crippen LogP) is 1.83. The fourth-order valence-corrected chi connectivity index (χ4v) is 3.12. The van der Waals surface area contributed by atoms with Crippen LogP contribution in [0.4, 0.5) is 0 Å². The van der Waals surface area contributed by atoms with Crippen molar-refractivity contribution in [3.63, 3.8) is 0 Å². The zero-order valence-electron chi connectivity index (χ0n) is 14.0. The molecule has 1 N–H and O–H groups in total. The van der Waals surface area contributed by atoms with Crippen molar-refractivity contribution >= 4 is 5.91 Å². The zero-order chi connectivity index (χ0) is 16.1. The molecule has 2 rings (SSSR count). The molecule has 0 bridgehead atoms. The molecule has 1 saturated heterocycles. The molecule has 0 unspecified atom stereocenters. The Morgan fingerprint density at radius 2 is 2.05 bits per heavy atom. The number of rotatable bonds is 5. The van der Waals surface area contributed by atoms with Gasteiger partial charge in [-0.2, -0.15) is 0 Å². The highest BCUT2D eigenvalue weighted by Crippen LogP contribution is 2.18. The van der Waals surface area contributed by atoms with Gasteiger partial charge in [0.1, 0.15) is 0 Å². The van der Waals surface area contributed by atoms with E-state index in [0.29, 0.717) is 6.54 Å². The van der Waals surface area contributed by atoms with Crippen LogP contribution in [-0.4, -0.2) is 47.1 Å². The van der Waals surface area contributed by atoms with Crippen molar-refractivity contribution < 1.29 is 9.53 Å². The molecule has 1 aromatic rings. The molecule has 1 fully saturated rings. The fourth-order valence-electron chi connectivity index (χ4n) is 3.12. The van der Waals surface area contributed by atoms with Crippen LogP contribution in [0.1, 0.15) is 33.4 Å². The van der Waals surface area contributed by atoms with E-state index >= 15 is 0 Å². The van der Waals surface area contributed by atoms with Gasteiger partial charge in [-0.3, -0.25) is 14.7 Å². The minimum Gasteiger partial charge on any atom is -0.373 e. The molecule has 1 aliphatic heterocycles. The molecular formula is C17H27N3O2. The minimum absolute atomic E-state index is 0.0713. The number of aromatic nitrogens is 1. The van der Waals surface area contributed by atoms with E-state index in [4.69, 9.17) is 4.74 Å². The quantitative estimate of drug-likeness (QED) is 0.902. The Morgan fingerprint density at radius 1 is 1.36 bits per heavy atom. The molecule has 2 heterocycles. The molecule has 5 nitrogen and oxygen atoms in total. The van der Waals surface area contributed by atoms with E-state index in [1.165, 1.54) is 0 Å². The average molecular weight is 305 g/mol. The third-order valence-corrected chi connectivity index (χ3v) is 3.91. The van der Waals surface area contributed by atoms with Crippen molar-refractivity contribution in [1.29, 1.82) is 0 Å². The standard InChI is InChI=1S/C17H27N3O2/c1-12(2)16(20-10-13(3)22-14(4)11-20)17(21)19-9-15-7-5-6-8-18-15/h5-8,12-14,16H,9-11H2,1-4H3,(H,19,21)/t13-,14+,16-/m0/s1. The monoisotopic (exact) mass is 305 g/mol. The summed E-state index contributed by atoms with van der Waals surface area (Å²) in [5, 5.41) is 3.02. The lowest BCUT2D eigenvalue weighted by Crippen LogP contribution is -2.56. The predicted molar refractivity (Wildman–Crippen MR) is 86.3 cm³/mol. The number of amides is 1. The van der Waals surface area contributed by atoms with E-state index in [1.807, 2.05) is 18.2 Å². The fraction of sp³-hybridized carbons (Fsp3) is 0.647. The first-order chi connectivity index (χ1) is 10.5. The van der Waals surface area contributed by atoms with Gasteiger partial charge in [0.25, 0.3) is 0 Å². The van der Waals surface area contributed by atoms with Crippen molar-refractivity contribution in [2.24, 2.45) is 5.92 Å². The van der Waals surface area contributed by atoms with Crippen LogP contribution in [0.25, 0.3) is 0 Å². The van der Waals surface area contributed by atoms with E-state index in [1.54, 1.807) is 6.20 Å². The van der Waals surface area contributed by atoms with Crippen molar-refractivity contribution in [3.8, 4) is 0 Å². The minimum atomic E-state index is -0.127. The van der Waals surface area contributed by atoms with Crippen LogP contribution < -0.4 is 5.32 Å². The maximum absolute atomic E-state index is 12.6. The highest BCUT2D eigenvalue weighted by atomic mass is 16.5. The van der Waals surface area contributed by atoms with Crippen molar-refractivity contribution in [1.82, 2.24) is 15.2 Å². The number of pyridine rings is 1. The van der Waals surface area contributed by atoms with Crippen LogP contribution >= 0.6 is 0 Å². The van der Waals surface area contributed by atoms with Gasteiger partial charge in [-0.25, -0.2) is 0 Å². The summed E-state index contributed by atoms with van der Waals surface area (Å²) in [6.45, 7) is 10.4. The number of nitrogens with one attached hydrogen (secondary N) is 1. The molecule has 1 amide bonds. The van der Waals surface area contributed by atoms with E-state index in [0.717, 1.165) is 18.8 Å². The first kappa shape index (κ1) is 16.9. The SMILES string of the molecule is CC(C)[C@@H](C(=O)NCc1ccccn1)N1C[C@@H](C)O[C@@H](C)C1. The Kier molecular flexibility index (Phi) is 5.91. The van der Waals surface area contributed by atoms with Gasteiger partial charge >= 0.3 is 0 Å². The Labute approximate surface area is 133 Å². The van der Waals surface area contributed by atoms with E-state index in [9.17, 15) is 4.79 Å². The van der Waals surface area contributed by atoms with Gasteiger partial charge in [-0.1, -0.05) is 19.9 Å². The van der Waals surface area contributed by atoms with E-state index in [-0.39, 0.29) is 30.1 Å². The van der Waals surface area contributed by atoms with Gasteiger partial charge in [0.05, 0.1) is 30.5 Å². The van der Waals surface area contributed by atoms with Gasteiger partial charge in [0, 0.05) is 19.3 Å². The number of carbonyl (C=O) groups excluding carboxylic acids is 1. The molecule has 1 aromatic heterocycles. The topological polar surface area (TPSA) is 54.5 Å². The summed E-state index contributed by atoms with van der Waals surface area (Å²) in [6, 6.07) is 5.60. The summed E-state index contributed by atoms with van der Waals surface area (Å²) >= 11 is 0. The van der Waals surface area contributed by atoms with Crippen LogP contribution in [0.5, 0.6) is 0 Å². The molecule has 3 atom stereocenters. The number of morpholine rings is 1. The molecule has 22 heavy (non-hydrogen) atoms. The van der Waals surface area contributed by atoms with Crippen LogP contribution in [-0.2, 0) is 16.1 Å². The van der Waals surface area contributed by atoms with Crippen LogP contribution in [0.2, 0.25) is 0 Å². The largest absolute Gasteiger partial charge is 0.373 e. The van der Waals surface area contributed by atoms with E-state index in [2.05, 4.69) is 42.9 Å². The van der Waals surface area contributed by atoms with Crippen LogP contribution in [0.15, 0.2) is 24.4 Å². The summed E-state index contributed by atoms with van der Waals surface area (Å²) in [5.74, 6) is 0.322. The van der Waals surface area contributed by atoms with Crippen molar-refractivity contribution in [3.05, 3.63) is 30.1 Å². The highest BCUT2D eigenvalue weighted by molar-refractivity contribution is 5.82. The number of carbonyl (C=O) groups is 1. The molecule has 1 aliphatic rings. The molecule has 0 radical (unpaired) electrons. The number of hydrogen-bond acceptors (Lipinski definition) is 4. The third-order valence-electron chi connectivity index (χ3n) is 3.91. The smallest absolute Gasteiger partial charge is 0.237 e. The summed E-state index contributed by atoms with van der Waals surface area (Å²) in [6.07, 6.45) is 2.06. The lowest BCUT2D eigenvalue weighted by atomic mass is 9.99. The second kappa shape index (κ2) is 7.70. The van der Waals surface area contributed by atoms with Crippen LogP contribution in [0.3, 0.4) is 0 Å². The third kappa shape index (κ3) is 4.52. The number of hydrogen-bond donors (Lipinski definition) is 1. The maximum Gasteiger partial charge on any atom is 0.237 e. The normalized spacial score (nSPS) is 24.2. The molecule has 122 valence electrons. The molecule has 0 saturated carbocycles. The van der Waals surface area contributed by atoms with Gasteiger partial charge < -0.3 is 10.1 Å². The number of ether oxygens (including phenoxy) is 1.